The van der Waals surface area contributed by atoms with E-state index in [9.17, 15) is 18.0 Å². The number of carbonyl (C=O) groups is 1. The van der Waals surface area contributed by atoms with E-state index in [-0.39, 0.29) is 22.9 Å². The Bertz CT molecular complexity index is 1270. The van der Waals surface area contributed by atoms with Gasteiger partial charge in [0.1, 0.15) is 5.75 Å². The molecule has 3 aromatic rings. The Labute approximate surface area is 169 Å². The van der Waals surface area contributed by atoms with Crippen molar-refractivity contribution in [3.63, 3.8) is 0 Å². The number of ether oxygens (including phenoxy) is 1. The van der Waals surface area contributed by atoms with Crippen LogP contribution in [0.25, 0.3) is 11.0 Å². The number of fused-ring (bicyclic) bond motifs is 1. The van der Waals surface area contributed by atoms with Gasteiger partial charge in [0.15, 0.2) is 5.78 Å². The van der Waals surface area contributed by atoms with E-state index < -0.39 is 10.0 Å². The molecule has 0 aliphatic rings. The van der Waals surface area contributed by atoms with E-state index in [0.29, 0.717) is 22.3 Å². The lowest BCUT2D eigenvalue weighted by Crippen LogP contribution is -2.32. The Morgan fingerprint density at radius 2 is 1.72 bits per heavy atom. The third kappa shape index (κ3) is 3.58. The average molecular weight is 417 g/mol. The fourth-order valence-corrected chi connectivity index (χ4v) is 4.39. The minimum atomic E-state index is -3.94. The number of benzene rings is 2. The number of aromatic nitrogens is 2. The number of likely N-dealkylation sites (N-methyl/N-ethyl adjacent to an activating group) is 1. The van der Waals surface area contributed by atoms with Crippen molar-refractivity contribution < 1.29 is 17.9 Å². The van der Waals surface area contributed by atoms with Gasteiger partial charge in [0.05, 0.1) is 35.1 Å². The topological polar surface area (TPSA) is 90.6 Å². The van der Waals surface area contributed by atoms with Crippen molar-refractivity contribution in [2.45, 2.75) is 11.8 Å². The molecule has 1 heterocycles. The number of rotatable bonds is 6. The van der Waals surface area contributed by atoms with Crippen molar-refractivity contribution >= 4 is 26.8 Å². The van der Waals surface area contributed by atoms with Crippen LogP contribution in [0.1, 0.15) is 15.9 Å². The standard InChI is InChI=1S/C20H23N3O5S/c1-13-6-9-19(28-5)15(10-13)18(24)12-21(2)29(26,27)14-7-8-16-17(11-14)23(4)20(25)22(16)3/h6-11H,12H2,1-5H3. The van der Waals surface area contributed by atoms with Crippen molar-refractivity contribution in [1.29, 1.82) is 0 Å². The first-order valence-electron chi connectivity index (χ1n) is 8.87. The molecule has 0 saturated carbocycles. The molecule has 0 unspecified atom stereocenters. The number of imidazole rings is 1. The van der Waals surface area contributed by atoms with Crippen LogP contribution in [-0.4, -0.2) is 48.3 Å². The molecule has 0 aliphatic carbocycles. The molecule has 0 N–H and O–H groups in total. The summed E-state index contributed by atoms with van der Waals surface area (Å²) in [5.74, 6) is 0.0249. The van der Waals surface area contributed by atoms with E-state index in [2.05, 4.69) is 0 Å². The highest BCUT2D eigenvalue weighted by Crippen LogP contribution is 2.23. The van der Waals surface area contributed by atoms with Crippen LogP contribution in [0.3, 0.4) is 0 Å². The first-order valence-corrected chi connectivity index (χ1v) is 10.3. The zero-order valence-corrected chi connectivity index (χ0v) is 17.8. The van der Waals surface area contributed by atoms with Crippen molar-refractivity contribution in [3.8, 4) is 5.75 Å². The third-order valence-electron chi connectivity index (χ3n) is 4.97. The Kier molecular flexibility index (Phi) is 5.38. The van der Waals surface area contributed by atoms with Crippen LogP contribution in [0.5, 0.6) is 5.75 Å². The van der Waals surface area contributed by atoms with Gasteiger partial charge in [-0.1, -0.05) is 11.6 Å². The van der Waals surface area contributed by atoms with E-state index in [1.807, 2.05) is 13.0 Å². The number of hydrogen-bond acceptors (Lipinski definition) is 5. The Hall–Kier alpha value is -2.91. The third-order valence-corrected chi connectivity index (χ3v) is 6.77. The molecule has 0 spiro atoms. The molecule has 2 aromatic carbocycles. The van der Waals surface area contributed by atoms with Gasteiger partial charge >= 0.3 is 5.69 Å². The van der Waals surface area contributed by atoms with Gasteiger partial charge < -0.3 is 4.74 Å². The molecule has 0 atom stereocenters. The lowest BCUT2D eigenvalue weighted by Gasteiger charge is -2.17. The molecule has 29 heavy (non-hydrogen) atoms. The maximum atomic E-state index is 13.0. The molecule has 0 radical (unpaired) electrons. The normalized spacial score (nSPS) is 11.9. The quantitative estimate of drug-likeness (QED) is 0.570. The number of ketones is 1. The summed E-state index contributed by atoms with van der Waals surface area (Å²) in [6, 6.07) is 9.64. The number of aryl methyl sites for hydroxylation is 3. The van der Waals surface area contributed by atoms with E-state index in [1.54, 1.807) is 32.3 Å². The lowest BCUT2D eigenvalue weighted by atomic mass is 10.1. The van der Waals surface area contributed by atoms with Gasteiger partial charge in [0.2, 0.25) is 10.0 Å². The number of carbonyl (C=O) groups excluding carboxylic acids is 1. The summed E-state index contributed by atoms with van der Waals surface area (Å²) in [6.07, 6.45) is 0. The lowest BCUT2D eigenvalue weighted by molar-refractivity contribution is 0.0970. The van der Waals surface area contributed by atoms with Crippen molar-refractivity contribution in [2.24, 2.45) is 14.1 Å². The van der Waals surface area contributed by atoms with Crippen LogP contribution < -0.4 is 10.4 Å². The minimum Gasteiger partial charge on any atom is -0.496 e. The molecule has 8 nitrogen and oxygen atoms in total. The van der Waals surface area contributed by atoms with E-state index in [0.717, 1.165) is 9.87 Å². The molecular formula is C20H23N3O5S. The van der Waals surface area contributed by atoms with Gasteiger partial charge in [0.25, 0.3) is 0 Å². The van der Waals surface area contributed by atoms with Gasteiger partial charge in [-0.05, 0) is 37.3 Å². The number of nitrogens with zero attached hydrogens (tertiary/aromatic N) is 3. The fraction of sp³-hybridized carbons (Fsp3) is 0.300. The van der Waals surface area contributed by atoms with Gasteiger partial charge in [-0.3, -0.25) is 13.9 Å². The zero-order chi connectivity index (χ0) is 21.5. The van der Waals surface area contributed by atoms with Crippen LogP contribution in [-0.2, 0) is 24.1 Å². The smallest absolute Gasteiger partial charge is 0.328 e. The monoisotopic (exact) mass is 417 g/mol. The second-order valence-electron chi connectivity index (χ2n) is 6.94. The summed E-state index contributed by atoms with van der Waals surface area (Å²) in [7, 11) is 2.08. The van der Waals surface area contributed by atoms with Crippen LogP contribution in [0.15, 0.2) is 46.1 Å². The predicted octanol–water partition coefficient (Wildman–Crippen LogP) is 1.70. The predicted molar refractivity (Wildman–Crippen MR) is 110 cm³/mol. The highest BCUT2D eigenvalue weighted by molar-refractivity contribution is 7.89. The molecule has 3 rings (SSSR count). The van der Waals surface area contributed by atoms with Gasteiger partial charge in [0, 0.05) is 21.1 Å². The van der Waals surface area contributed by atoms with E-state index in [4.69, 9.17) is 4.74 Å². The molecular weight excluding hydrogens is 394 g/mol. The Morgan fingerprint density at radius 3 is 2.38 bits per heavy atom. The van der Waals surface area contributed by atoms with Crippen molar-refractivity contribution in [3.05, 3.63) is 58.0 Å². The molecule has 0 fully saturated rings. The highest BCUT2D eigenvalue weighted by atomic mass is 32.2. The molecule has 0 bridgehead atoms. The maximum Gasteiger partial charge on any atom is 0.328 e. The van der Waals surface area contributed by atoms with Gasteiger partial charge in [-0.15, -0.1) is 0 Å². The second kappa shape index (κ2) is 7.49. The van der Waals surface area contributed by atoms with Crippen LogP contribution in [0, 0.1) is 6.92 Å². The Morgan fingerprint density at radius 1 is 1.07 bits per heavy atom. The largest absolute Gasteiger partial charge is 0.496 e. The molecule has 0 aliphatic heterocycles. The minimum absolute atomic E-state index is 0.0118. The molecule has 1 aromatic heterocycles. The van der Waals surface area contributed by atoms with Crippen molar-refractivity contribution in [1.82, 2.24) is 13.4 Å². The van der Waals surface area contributed by atoms with Gasteiger partial charge in [-0.2, -0.15) is 4.31 Å². The molecule has 9 heteroatoms. The average Bonchev–Trinajstić information content (AvgIpc) is 2.91. The summed E-state index contributed by atoms with van der Waals surface area (Å²) in [4.78, 5) is 24.8. The summed E-state index contributed by atoms with van der Waals surface area (Å²) in [5.41, 5.74) is 2.08. The molecule has 0 saturated heterocycles. The summed E-state index contributed by atoms with van der Waals surface area (Å²) < 4.78 is 35.1. The molecule has 154 valence electrons. The zero-order valence-electron chi connectivity index (χ0n) is 17.0. The van der Waals surface area contributed by atoms with Crippen LogP contribution in [0.4, 0.5) is 0 Å². The van der Waals surface area contributed by atoms with Crippen molar-refractivity contribution in [2.75, 3.05) is 20.7 Å². The van der Waals surface area contributed by atoms with Crippen LogP contribution >= 0.6 is 0 Å². The number of sulfonamides is 1. The number of methoxy groups -OCH3 is 1. The highest BCUT2D eigenvalue weighted by Gasteiger charge is 2.25. The summed E-state index contributed by atoms with van der Waals surface area (Å²) >= 11 is 0. The summed E-state index contributed by atoms with van der Waals surface area (Å²) in [5, 5.41) is 0. The summed E-state index contributed by atoms with van der Waals surface area (Å²) in [6.45, 7) is 1.50. The van der Waals surface area contributed by atoms with E-state index >= 15 is 0 Å². The van der Waals surface area contributed by atoms with Crippen LogP contribution in [0.2, 0.25) is 0 Å². The number of hydrogen-bond donors (Lipinski definition) is 0. The van der Waals surface area contributed by atoms with Gasteiger partial charge in [-0.25, -0.2) is 13.2 Å². The second-order valence-corrected chi connectivity index (χ2v) is 8.98. The fourth-order valence-electron chi connectivity index (χ4n) is 3.24. The first-order chi connectivity index (χ1) is 13.6. The number of Topliss-reactive ketones (excluding diaryl/α,β-unsaturated/α-hetero) is 1. The first kappa shape index (κ1) is 20.8. The Balaban J connectivity index is 1.95. The SMILES string of the molecule is COc1ccc(C)cc1C(=O)CN(C)S(=O)(=O)c1ccc2c(c1)n(C)c(=O)n2C. The maximum absolute atomic E-state index is 13.0. The molecule has 0 amide bonds. The van der Waals surface area contributed by atoms with E-state index in [1.165, 1.54) is 35.4 Å².